The van der Waals surface area contributed by atoms with Crippen molar-refractivity contribution < 1.29 is 29.4 Å². The summed E-state index contributed by atoms with van der Waals surface area (Å²) in [6.45, 7) is 10.9. The molecule has 0 radical (unpaired) electrons. The van der Waals surface area contributed by atoms with Gasteiger partial charge in [-0.15, -0.1) is 0 Å². The van der Waals surface area contributed by atoms with Crippen LogP contribution in [0, 0.1) is 11.8 Å². The highest BCUT2D eigenvalue weighted by Crippen LogP contribution is 2.29. The van der Waals surface area contributed by atoms with Gasteiger partial charge in [0.25, 0.3) is 0 Å². The van der Waals surface area contributed by atoms with Crippen LogP contribution in [0.15, 0.2) is 60.9 Å². The Morgan fingerprint density at radius 1 is 0.580 bits per heavy atom. The molecule has 0 aliphatic carbocycles. The summed E-state index contributed by atoms with van der Waals surface area (Å²) < 4.78 is 0. The predicted octanol–water partition coefficient (Wildman–Crippen LogP) is 5.76. The first-order chi connectivity index (χ1) is 23.6. The molecule has 0 fully saturated rings. The summed E-state index contributed by atoms with van der Waals surface area (Å²) in [5.74, 6) is 0.346. The lowest BCUT2D eigenvalue weighted by molar-refractivity contribution is -0.126. The van der Waals surface area contributed by atoms with E-state index in [0.717, 1.165) is 43.4 Å². The van der Waals surface area contributed by atoms with Crippen LogP contribution in [-0.2, 0) is 9.59 Å². The second kappa shape index (κ2) is 15.7. The maximum atomic E-state index is 12.8. The van der Waals surface area contributed by atoms with Gasteiger partial charge in [0.2, 0.25) is 11.8 Å². The molecule has 4 aromatic rings. The van der Waals surface area contributed by atoms with Crippen LogP contribution < -0.4 is 10.6 Å². The third-order valence-electron chi connectivity index (χ3n) is 8.96. The van der Waals surface area contributed by atoms with Crippen molar-refractivity contribution in [1.29, 1.82) is 0 Å². The number of hydrogen-bond donors (Lipinski definition) is 6. The minimum absolute atomic E-state index is 0.00183. The molecule has 0 bridgehead atoms. The maximum Gasteiger partial charge on any atom is 0.407 e. The number of aromatic nitrogens is 4. The quantitative estimate of drug-likeness (QED) is 0.102. The smallest absolute Gasteiger partial charge is 0.407 e. The van der Waals surface area contributed by atoms with E-state index in [1.807, 2.05) is 76.2 Å². The van der Waals surface area contributed by atoms with Crippen molar-refractivity contribution >= 4 is 24.0 Å². The van der Waals surface area contributed by atoms with E-state index in [4.69, 9.17) is 0 Å². The first-order valence-electron chi connectivity index (χ1n) is 16.4. The van der Waals surface area contributed by atoms with E-state index in [9.17, 15) is 29.4 Å². The van der Waals surface area contributed by atoms with Gasteiger partial charge in [0.15, 0.2) is 0 Å². The van der Waals surface area contributed by atoms with Crippen LogP contribution in [0.25, 0.3) is 33.6 Å². The van der Waals surface area contributed by atoms with Crippen LogP contribution in [0.4, 0.5) is 9.59 Å². The highest BCUT2D eigenvalue weighted by atomic mass is 16.4. The molecule has 2 aromatic carbocycles. The molecule has 14 nitrogen and oxygen atoms in total. The first-order valence-corrected chi connectivity index (χ1v) is 16.4. The summed E-state index contributed by atoms with van der Waals surface area (Å²) in [5, 5.41) is 24.3. The topological polar surface area (TPSA) is 197 Å². The molecule has 266 valence electrons. The molecular formula is C36H46N8O6. The molecule has 2 heterocycles. The molecule has 4 rings (SSSR count). The van der Waals surface area contributed by atoms with Crippen molar-refractivity contribution in [2.75, 3.05) is 14.1 Å². The lowest BCUT2D eigenvalue weighted by atomic mass is 10.0. The fourth-order valence-corrected chi connectivity index (χ4v) is 5.30. The van der Waals surface area contributed by atoms with E-state index in [1.165, 1.54) is 27.9 Å². The van der Waals surface area contributed by atoms with Crippen molar-refractivity contribution in [2.45, 2.75) is 65.7 Å². The average molecular weight is 687 g/mol. The number of benzene rings is 2. The lowest BCUT2D eigenvalue weighted by Gasteiger charge is -2.26. The Morgan fingerprint density at radius 2 is 0.880 bits per heavy atom. The Hall–Kier alpha value is -5.66. The molecule has 2 aromatic heterocycles. The Bertz CT molecular complexity index is 1670. The predicted molar refractivity (Wildman–Crippen MR) is 189 cm³/mol. The van der Waals surface area contributed by atoms with E-state index in [1.54, 1.807) is 12.4 Å². The number of amides is 4. The zero-order valence-electron chi connectivity index (χ0n) is 29.6. The van der Waals surface area contributed by atoms with E-state index < -0.39 is 48.2 Å². The highest BCUT2D eigenvalue weighted by molar-refractivity contribution is 5.85. The van der Waals surface area contributed by atoms with Crippen molar-refractivity contribution in [3.05, 3.63) is 72.6 Å². The number of carboxylic acid groups (broad SMARTS) is 2. The van der Waals surface area contributed by atoms with Gasteiger partial charge in [-0.1, -0.05) is 76.2 Å². The normalized spacial score (nSPS) is 13.7. The summed E-state index contributed by atoms with van der Waals surface area (Å²) in [4.78, 5) is 65.8. The lowest BCUT2D eigenvalue weighted by Crippen LogP contribution is -2.47. The third-order valence-corrected chi connectivity index (χ3v) is 8.96. The van der Waals surface area contributed by atoms with E-state index in [0.29, 0.717) is 11.6 Å². The number of aromatic amines is 2. The fourth-order valence-electron chi connectivity index (χ4n) is 5.30. The number of carbonyl (C=O) groups excluding carboxylic acids is 2. The van der Waals surface area contributed by atoms with Crippen LogP contribution >= 0.6 is 0 Å². The highest BCUT2D eigenvalue weighted by Gasteiger charge is 2.29. The fraction of sp³-hybridized carbons (Fsp3) is 0.389. The SMILES string of the molecule is CC(C)[C@@H](NC(=O)[C@H](C)N(C)C(=O)O)c1ncc(-c2ccc(-c3ccc(-c4cnc([C@H](NC(=O)[C@H](C)N(C)C(=O)O)C(C)C)[nH]4)cc3)cc2)[nH]1. The zero-order chi connectivity index (χ0) is 36.9. The number of nitrogens with one attached hydrogen (secondary N) is 4. The largest absolute Gasteiger partial charge is 0.465 e. The van der Waals surface area contributed by atoms with E-state index in [-0.39, 0.29) is 11.8 Å². The summed E-state index contributed by atoms with van der Waals surface area (Å²) in [6, 6.07) is 13.4. The van der Waals surface area contributed by atoms with Gasteiger partial charge < -0.3 is 30.8 Å². The standard InChI is InChI=1S/C36H46N8O6/c1-19(2)29(41-33(45)21(5)43(7)35(47)48)31-37-17-27(39-31)25-13-9-23(10-14-25)24-11-15-26(16-12-24)28-18-38-32(40-28)30(20(3)4)42-34(46)22(6)44(8)36(49)50/h9-22,29-30H,1-8H3,(H,37,39)(H,38,40)(H,41,45)(H,42,46)(H,47,48)(H,49,50)/t21-,22-,29+,30+/m0/s1. The van der Waals surface area contributed by atoms with Gasteiger partial charge in [-0.3, -0.25) is 19.4 Å². The van der Waals surface area contributed by atoms with Crippen molar-refractivity contribution in [1.82, 2.24) is 40.4 Å². The Morgan fingerprint density at radius 3 is 1.16 bits per heavy atom. The Balaban J connectivity index is 1.44. The van der Waals surface area contributed by atoms with Gasteiger partial charge in [0.1, 0.15) is 23.7 Å². The number of rotatable bonds is 13. The van der Waals surface area contributed by atoms with Gasteiger partial charge in [0, 0.05) is 14.1 Å². The molecule has 6 N–H and O–H groups in total. The minimum Gasteiger partial charge on any atom is -0.465 e. The molecule has 4 amide bonds. The van der Waals surface area contributed by atoms with Crippen molar-refractivity contribution in [3.63, 3.8) is 0 Å². The van der Waals surface area contributed by atoms with Gasteiger partial charge in [-0.2, -0.15) is 0 Å². The number of H-pyrrole nitrogens is 2. The summed E-state index contributed by atoms with van der Waals surface area (Å²) >= 11 is 0. The number of hydrogen-bond acceptors (Lipinski definition) is 6. The minimum atomic E-state index is -1.18. The van der Waals surface area contributed by atoms with Crippen molar-refractivity contribution in [3.8, 4) is 33.6 Å². The van der Waals surface area contributed by atoms with Gasteiger partial charge in [-0.05, 0) is 47.9 Å². The number of imidazole rings is 2. The Labute approximate surface area is 291 Å². The molecule has 0 unspecified atom stereocenters. The Kier molecular flexibility index (Phi) is 11.7. The molecule has 0 saturated carbocycles. The number of likely N-dealkylation sites (N-methyl/N-ethyl adjacent to an activating group) is 2. The number of carbonyl (C=O) groups is 4. The molecule has 0 saturated heterocycles. The molecular weight excluding hydrogens is 640 g/mol. The zero-order valence-corrected chi connectivity index (χ0v) is 29.6. The molecule has 50 heavy (non-hydrogen) atoms. The molecule has 14 heteroatoms. The van der Waals surface area contributed by atoms with E-state index >= 15 is 0 Å². The van der Waals surface area contributed by atoms with Crippen LogP contribution in [-0.4, -0.2) is 90.1 Å². The van der Waals surface area contributed by atoms with E-state index in [2.05, 4.69) is 30.6 Å². The molecule has 0 aliphatic rings. The van der Waals surface area contributed by atoms with Gasteiger partial charge in [0.05, 0.1) is 35.9 Å². The van der Waals surface area contributed by atoms with Crippen LogP contribution in [0.5, 0.6) is 0 Å². The maximum absolute atomic E-state index is 12.8. The number of nitrogens with zero attached hydrogens (tertiary/aromatic N) is 4. The monoisotopic (exact) mass is 686 g/mol. The third kappa shape index (κ3) is 8.49. The van der Waals surface area contributed by atoms with Gasteiger partial charge in [-0.25, -0.2) is 19.6 Å². The molecule has 0 aliphatic heterocycles. The summed E-state index contributed by atoms with van der Waals surface area (Å²) in [5.41, 5.74) is 5.42. The second-order valence-electron chi connectivity index (χ2n) is 13.1. The second-order valence-corrected chi connectivity index (χ2v) is 13.1. The summed E-state index contributed by atoms with van der Waals surface area (Å²) in [6.07, 6.45) is 1.08. The molecule has 0 spiro atoms. The van der Waals surface area contributed by atoms with Crippen LogP contribution in [0.3, 0.4) is 0 Å². The summed E-state index contributed by atoms with van der Waals surface area (Å²) in [7, 11) is 2.72. The van der Waals surface area contributed by atoms with Gasteiger partial charge >= 0.3 is 12.2 Å². The first kappa shape index (κ1) is 37.2. The average Bonchev–Trinajstić information content (AvgIpc) is 3.78. The van der Waals surface area contributed by atoms with Crippen LogP contribution in [0.1, 0.15) is 65.3 Å². The van der Waals surface area contributed by atoms with Crippen molar-refractivity contribution in [2.24, 2.45) is 11.8 Å². The van der Waals surface area contributed by atoms with Crippen LogP contribution in [0.2, 0.25) is 0 Å². The molecule has 4 atom stereocenters.